The number of rotatable bonds is 7. The summed E-state index contributed by atoms with van der Waals surface area (Å²) in [4.78, 5) is 11.6. The van der Waals surface area contributed by atoms with Crippen molar-refractivity contribution in [3.05, 3.63) is 42.5 Å². The third kappa shape index (κ3) is 4.45. The molecule has 1 aliphatic carbocycles. The van der Waals surface area contributed by atoms with Gasteiger partial charge in [-0.2, -0.15) is 0 Å². The van der Waals surface area contributed by atoms with Crippen LogP contribution in [0.5, 0.6) is 5.75 Å². The lowest BCUT2D eigenvalue weighted by molar-refractivity contribution is -0.117. The zero-order chi connectivity index (χ0) is 20.5. The van der Waals surface area contributed by atoms with Gasteiger partial charge in [-0.15, -0.1) is 0 Å². The van der Waals surface area contributed by atoms with E-state index in [4.69, 9.17) is 4.74 Å². The van der Waals surface area contributed by atoms with Gasteiger partial charge in [0.05, 0.1) is 17.7 Å². The summed E-state index contributed by atoms with van der Waals surface area (Å²) < 4.78 is 57.0. The number of anilines is 2. The van der Waals surface area contributed by atoms with E-state index in [1.165, 1.54) is 49.6 Å². The van der Waals surface area contributed by atoms with Gasteiger partial charge in [-0.3, -0.25) is 9.52 Å². The first-order chi connectivity index (χ1) is 13.1. The highest BCUT2D eigenvalue weighted by Crippen LogP contribution is 2.33. The smallest absolute Gasteiger partial charge is 0.265 e. The highest BCUT2D eigenvalue weighted by Gasteiger charge is 2.30. The molecule has 8 nitrogen and oxygen atoms in total. The molecule has 0 heterocycles. The number of carbonyl (C=O) groups is 1. The van der Waals surface area contributed by atoms with Crippen LogP contribution in [-0.2, 0) is 24.7 Å². The van der Waals surface area contributed by atoms with Gasteiger partial charge < -0.3 is 10.1 Å². The van der Waals surface area contributed by atoms with Gasteiger partial charge in [-0.05, 0) is 37.1 Å². The third-order valence-electron chi connectivity index (χ3n) is 4.20. The van der Waals surface area contributed by atoms with E-state index >= 15 is 0 Å². The average molecular weight is 425 g/mol. The molecule has 0 unspecified atom stereocenters. The van der Waals surface area contributed by atoms with E-state index in [0.717, 1.165) is 19.1 Å². The van der Waals surface area contributed by atoms with E-state index in [1.54, 1.807) is 0 Å². The van der Waals surface area contributed by atoms with Gasteiger partial charge >= 0.3 is 0 Å². The van der Waals surface area contributed by atoms with Crippen molar-refractivity contribution in [3.63, 3.8) is 0 Å². The number of benzene rings is 2. The summed E-state index contributed by atoms with van der Waals surface area (Å²) in [7, 11) is -6.46. The summed E-state index contributed by atoms with van der Waals surface area (Å²) in [6.07, 6.45) is 2.69. The molecule has 1 saturated carbocycles. The fraction of sp³-hybridized carbons (Fsp3) is 0.278. The van der Waals surface area contributed by atoms with Crippen molar-refractivity contribution in [1.29, 1.82) is 0 Å². The fourth-order valence-electron chi connectivity index (χ4n) is 2.63. The molecule has 28 heavy (non-hydrogen) atoms. The van der Waals surface area contributed by atoms with Crippen molar-refractivity contribution in [2.75, 3.05) is 23.4 Å². The molecule has 1 aliphatic rings. The Kier molecular flexibility index (Phi) is 5.35. The number of nitrogens with one attached hydrogen (secondary N) is 2. The monoisotopic (exact) mass is 424 g/mol. The SMILES string of the molecule is COc1cc(NC(=O)C2CC2)ccc1S(=O)(=O)Nc1ccccc1S(C)(=O)=O. The number of sulfonamides is 1. The average Bonchev–Trinajstić information content (AvgIpc) is 3.46. The summed E-state index contributed by atoms with van der Waals surface area (Å²) >= 11 is 0. The van der Waals surface area contributed by atoms with Crippen molar-refractivity contribution in [2.24, 2.45) is 5.92 Å². The van der Waals surface area contributed by atoms with Crippen LogP contribution >= 0.6 is 0 Å². The molecule has 150 valence electrons. The number of carbonyl (C=O) groups excluding carboxylic acids is 1. The maximum absolute atomic E-state index is 12.8. The number of ether oxygens (including phenoxy) is 1. The first-order valence-corrected chi connectivity index (χ1v) is 11.8. The van der Waals surface area contributed by atoms with Crippen LogP contribution in [0.15, 0.2) is 52.3 Å². The van der Waals surface area contributed by atoms with Gasteiger partial charge in [0.25, 0.3) is 10.0 Å². The van der Waals surface area contributed by atoms with Crippen molar-refractivity contribution in [1.82, 2.24) is 0 Å². The van der Waals surface area contributed by atoms with Gasteiger partial charge in [-0.1, -0.05) is 12.1 Å². The Morgan fingerprint density at radius 2 is 1.71 bits per heavy atom. The minimum Gasteiger partial charge on any atom is -0.495 e. The van der Waals surface area contributed by atoms with Crippen LogP contribution in [-0.4, -0.2) is 36.1 Å². The second kappa shape index (κ2) is 7.44. The van der Waals surface area contributed by atoms with Crippen molar-refractivity contribution < 1.29 is 26.4 Å². The summed E-state index contributed by atoms with van der Waals surface area (Å²) in [5, 5.41) is 2.72. The summed E-state index contributed by atoms with van der Waals surface area (Å²) in [5.74, 6) is -0.0839. The molecule has 0 saturated heterocycles. The van der Waals surface area contributed by atoms with E-state index < -0.39 is 19.9 Å². The maximum atomic E-state index is 12.8. The van der Waals surface area contributed by atoms with Gasteiger partial charge in [0, 0.05) is 23.9 Å². The molecular weight excluding hydrogens is 404 g/mol. The zero-order valence-electron chi connectivity index (χ0n) is 15.3. The Morgan fingerprint density at radius 3 is 2.32 bits per heavy atom. The standard InChI is InChI=1S/C18H20N2O6S2/c1-26-15-11-13(19-18(21)12-7-8-12)9-10-17(15)28(24,25)20-14-5-3-4-6-16(14)27(2,22)23/h3-6,9-12,20H,7-8H2,1-2H3,(H,19,21). The fourth-order valence-corrected chi connectivity index (χ4v) is 4.77. The molecule has 3 rings (SSSR count). The number of methoxy groups -OCH3 is 1. The molecule has 2 aromatic carbocycles. The minimum absolute atomic E-state index is 0.00330. The summed E-state index contributed by atoms with van der Waals surface area (Å²) in [5.41, 5.74) is 0.363. The van der Waals surface area contributed by atoms with Crippen molar-refractivity contribution in [2.45, 2.75) is 22.6 Å². The molecule has 1 amide bonds. The van der Waals surface area contributed by atoms with Gasteiger partial charge in [0.1, 0.15) is 10.6 Å². The second-order valence-electron chi connectivity index (χ2n) is 6.50. The van der Waals surface area contributed by atoms with Crippen LogP contribution in [0.3, 0.4) is 0 Å². The molecule has 0 aliphatic heterocycles. The quantitative estimate of drug-likeness (QED) is 0.704. The summed E-state index contributed by atoms with van der Waals surface area (Å²) in [6.45, 7) is 0. The molecule has 0 atom stereocenters. The Labute approximate surface area is 163 Å². The lowest BCUT2D eigenvalue weighted by Crippen LogP contribution is -2.17. The predicted molar refractivity (Wildman–Crippen MR) is 105 cm³/mol. The van der Waals surface area contributed by atoms with Crippen LogP contribution in [0.25, 0.3) is 0 Å². The molecule has 2 aromatic rings. The molecule has 1 fully saturated rings. The normalized spacial score (nSPS) is 14.4. The second-order valence-corrected chi connectivity index (χ2v) is 10.1. The lowest BCUT2D eigenvalue weighted by atomic mass is 10.3. The number of sulfone groups is 1. The Balaban J connectivity index is 1.93. The molecule has 10 heteroatoms. The van der Waals surface area contributed by atoms with E-state index in [9.17, 15) is 21.6 Å². The number of para-hydroxylation sites is 1. The highest BCUT2D eigenvalue weighted by molar-refractivity contribution is 7.93. The van der Waals surface area contributed by atoms with Crippen LogP contribution < -0.4 is 14.8 Å². The number of hydrogen-bond acceptors (Lipinski definition) is 6. The molecule has 0 bridgehead atoms. The first-order valence-electron chi connectivity index (χ1n) is 8.42. The molecule has 0 aromatic heterocycles. The van der Waals surface area contributed by atoms with E-state index in [0.29, 0.717) is 5.69 Å². The molecule has 0 spiro atoms. The Bertz CT molecular complexity index is 1120. The largest absolute Gasteiger partial charge is 0.495 e. The van der Waals surface area contributed by atoms with E-state index in [1.807, 2.05) is 0 Å². The van der Waals surface area contributed by atoms with Crippen LogP contribution in [0.4, 0.5) is 11.4 Å². The minimum atomic E-state index is -4.14. The van der Waals surface area contributed by atoms with Crippen LogP contribution in [0.2, 0.25) is 0 Å². The Hall–Kier alpha value is -2.59. The van der Waals surface area contributed by atoms with Gasteiger partial charge in [-0.25, -0.2) is 16.8 Å². The highest BCUT2D eigenvalue weighted by atomic mass is 32.2. The van der Waals surface area contributed by atoms with E-state index in [-0.39, 0.29) is 33.1 Å². The van der Waals surface area contributed by atoms with Crippen LogP contribution in [0, 0.1) is 5.92 Å². The van der Waals surface area contributed by atoms with Crippen molar-refractivity contribution >= 4 is 37.1 Å². The zero-order valence-corrected chi connectivity index (χ0v) is 16.9. The summed E-state index contributed by atoms with van der Waals surface area (Å²) in [6, 6.07) is 9.89. The first kappa shape index (κ1) is 20.2. The van der Waals surface area contributed by atoms with Crippen molar-refractivity contribution in [3.8, 4) is 5.75 Å². The maximum Gasteiger partial charge on any atom is 0.265 e. The molecular formula is C18H20N2O6S2. The Morgan fingerprint density at radius 1 is 1.04 bits per heavy atom. The van der Waals surface area contributed by atoms with E-state index in [2.05, 4.69) is 10.0 Å². The van der Waals surface area contributed by atoms with Crippen LogP contribution in [0.1, 0.15) is 12.8 Å². The number of amides is 1. The molecule has 0 radical (unpaired) electrons. The number of hydrogen-bond donors (Lipinski definition) is 2. The third-order valence-corrected chi connectivity index (χ3v) is 6.76. The lowest BCUT2D eigenvalue weighted by Gasteiger charge is -2.15. The molecule has 2 N–H and O–H groups in total. The topological polar surface area (TPSA) is 119 Å². The van der Waals surface area contributed by atoms with Gasteiger partial charge in [0.2, 0.25) is 5.91 Å². The van der Waals surface area contributed by atoms with Gasteiger partial charge in [0.15, 0.2) is 9.84 Å². The predicted octanol–water partition coefficient (Wildman–Crippen LogP) is 2.25.